The Morgan fingerprint density at radius 2 is 0.667 bits per heavy atom. The van der Waals surface area contributed by atoms with E-state index in [-0.39, 0.29) is 0 Å². The van der Waals surface area contributed by atoms with Gasteiger partial charge in [-0.05, 0) is 21.5 Å². The Morgan fingerprint density at radius 1 is 0.303 bits per heavy atom. The van der Waals surface area contributed by atoms with Crippen LogP contribution < -0.4 is 0 Å². The average molecular weight is 415 g/mol. The van der Waals surface area contributed by atoms with Crippen molar-refractivity contribution < 1.29 is 0 Å². The zero-order valence-electron chi connectivity index (χ0n) is 17.8. The number of fused-ring (bicyclic) bond motifs is 10. The molecule has 33 heavy (non-hydrogen) atoms. The maximum atomic E-state index is 2.56. The van der Waals surface area contributed by atoms with Crippen LogP contribution in [0.3, 0.4) is 0 Å². The molecular formula is C32H17N. The summed E-state index contributed by atoms with van der Waals surface area (Å²) in [4.78, 5) is 0. The molecule has 0 unspecified atom stereocenters. The second-order valence-corrected chi connectivity index (χ2v) is 9.28. The molecule has 8 aromatic rings. The predicted molar refractivity (Wildman–Crippen MR) is 141 cm³/mol. The second kappa shape index (κ2) is 5.33. The molecule has 150 valence electrons. The smallest absolute Gasteiger partial charge is 0.0621 e. The third-order valence-corrected chi connectivity index (χ3v) is 7.83. The van der Waals surface area contributed by atoms with Gasteiger partial charge in [-0.3, -0.25) is 0 Å². The van der Waals surface area contributed by atoms with Crippen molar-refractivity contribution in [1.82, 2.24) is 4.40 Å². The Morgan fingerprint density at radius 3 is 1.15 bits per heavy atom. The minimum absolute atomic E-state index is 1.32. The monoisotopic (exact) mass is 415 g/mol. The van der Waals surface area contributed by atoms with Gasteiger partial charge in [-0.25, -0.2) is 0 Å². The van der Waals surface area contributed by atoms with Crippen molar-refractivity contribution in [2.45, 2.75) is 0 Å². The SMILES string of the molecule is c1ccc2c(c1)c1c(c3ccccc32)-c2cccc3c4cccc5c6cccc-1c6n(c23)c54. The number of aromatic nitrogens is 1. The van der Waals surface area contributed by atoms with Crippen LogP contribution >= 0.6 is 0 Å². The molecule has 9 rings (SSSR count). The molecule has 0 spiro atoms. The summed E-state index contributed by atoms with van der Waals surface area (Å²) in [6.07, 6.45) is 0. The van der Waals surface area contributed by atoms with E-state index in [1.54, 1.807) is 0 Å². The van der Waals surface area contributed by atoms with Crippen molar-refractivity contribution in [2.75, 3.05) is 0 Å². The van der Waals surface area contributed by atoms with Crippen molar-refractivity contribution in [1.29, 1.82) is 0 Å². The van der Waals surface area contributed by atoms with Crippen LogP contribution in [0.1, 0.15) is 0 Å². The Hall–Kier alpha value is -4.36. The first-order valence-electron chi connectivity index (χ1n) is 11.6. The van der Waals surface area contributed by atoms with Crippen molar-refractivity contribution in [3.63, 3.8) is 0 Å². The number of benzene rings is 6. The van der Waals surface area contributed by atoms with E-state index in [4.69, 9.17) is 0 Å². The van der Waals surface area contributed by atoms with Crippen molar-refractivity contribution in [2.24, 2.45) is 0 Å². The van der Waals surface area contributed by atoms with Crippen LogP contribution in [0.2, 0.25) is 0 Å². The highest BCUT2D eigenvalue weighted by atomic mass is 14.9. The highest BCUT2D eigenvalue weighted by Gasteiger charge is 2.28. The predicted octanol–water partition coefficient (Wildman–Crippen LogP) is 8.79. The van der Waals surface area contributed by atoms with Crippen molar-refractivity contribution in [3.05, 3.63) is 103 Å². The number of para-hydroxylation sites is 3. The van der Waals surface area contributed by atoms with E-state index in [2.05, 4.69) is 108 Å². The van der Waals surface area contributed by atoms with Gasteiger partial charge in [0.2, 0.25) is 0 Å². The lowest BCUT2D eigenvalue weighted by Crippen LogP contribution is -1.91. The summed E-state index contributed by atoms with van der Waals surface area (Å²) in [6, 6.07) is 38.4. The van der Waals surface area contributed by atoms with Crippen LogP contribution in [0.4, 0.5) is 0 Å². The first-order valence-corrected chi connectivity index (χ1v) is 11.6. The quantitative estimate of drug-likeness (QED) is 0.218. The maximum Gasteiger partial charge on any atom is 0.0621 e. The second-order valence-electron chi connectivity index (χ2n) is 9.28. The normalized spacial score (nSPS) is 12.8. The molecule has 3 heterocycles. The van der Waals surface area contributed by atoms with Crippen molar-refractivity contribution in [3.8, 4) is 22.3 Å². The molecule has 0 N–H and O–H groups in total. The van der Waals surface area contributed by atoms with Gasteiger partial charge in [0.15, 0.2) is 0 Å². The zero-order chi connectivity index (χ0) is 21.3. The highest BCUT2D eigenvalue weighted by molar-refractivity contribution is 6.32. The van der Waals surface area contributed by atoms with Gasteiger partial charge >= 0.3 is 0 Å². The summed E-state index contributed by atoms with van der Waals surface area (Å²) in [5.41, 5.74) is 9.41. The fourth-order valence-corrected chi connectivity index (χ4v) is 6.66. The molecule has 0 bridgehead atoms. The van der Waals surface area contributed by atoms with Crippen LogP contribution in [-0.2, 0) is 0 Å². The van der Waals surface area contributed by atoms with Crippen LogP contribution in [0.5, 0.6) is 0 Å². The summed E-state index contributed by atoms with van der Waals surface area (Å²) in [5.74, 6) is 0. The Kier molecular flexibility index (Phi) is 2.63. The molecule has 0 amide bonds. The summed E-state index contributed by atoms with van der Waals surface area (Å²) in [7, 11) is 0. The molecule has 1 aliphatic heterocycles. The van der Waals surface area contributed by atoms with Crippen LogP contribution in [0.25, 0.3) is 81.9 Å². The highest BCUT2D eigenvalue weighted by Crippen LogP contribution is 2.53. The van der Waals surface area contributed by atoms with Crippen LogP contribution in [-0.4, -0.2) is 4.40 Å². The number of hydrogen-bond acceptors (Lipinski definition) is 0. The van der Waals surface area contributed by atoms with Gasteiger partial charge in [0, 0.05) is 43.8 Å². The fraction of sp³-hybridized carbons (Fsp3) is 0. The first-order chi connectivity index (χ1) is 16.4. The first kappa shape index (κ1) is 16.3. The molecule has 0 atom stereocenters. The van der Waals surface area contributed by atoms with Gasteiger partial charge in [0.1, 0.15) is 0 Å². The molecule has 0 aliphatic carbocycles. The molecule has 1 heteroatoms. The molecule has 2 aromatic heterocycles. The number of nitrogens with zero attached hydrogens (tertiary/aromatic N) is 1. The van der Waals surface area contributed by atoms with Crippen LogP contribution in [0, 0.1) is 0 Å². The van der Waals surface area contributed by atoms with Crippen LogP contribution in [0.15, 0.2) is 103 Å². The van der Waals surface area contributed by atoms with E-state index in [1.807, 2.05) is 0 Å². The minimum Gasteiger partial charge on any atom is -0.307 e. The summed E-state index contributed by atoms with van der Waals surface area (Å²) < 4.78 is 2.56. The molecule has 1 aliphatic rings. The molecule has 6 aromatic carbocycles. The molecule has 0 saturated carbocycles. The number of rotatable bonds is 0. The Balaban J connectivity index is 1.74. The fourth-order valence-electron chi connectivity index (χ4n) is 6.66. The van der Waals surface area contributed by atoms with E-state index in [0.717, 1.165) is 0 Å². The van der Waals surface area contributed by atoms with Gasteiger partial charge in [-0.2, -0.15) is 0 Å². The molecular weight excluding hydrogens is 398 g/mol. The summed E-state index contributed by atoms with van der Waals surface area (Å²) in [6.45, 7) is 0. The van der Waals surface area contributed by atoms with Gasteiger partial charge < -0.3 is 4.40 Å². The summed E-state index contributed by atoms with van der Waals surface area (Å²) >= 11 is 0. The van der Waals surface area contributed by atoms with Gasteiger partial charge in [-0.1, -0.05) is 103 Å². The number of hydrogen-bond donors (Lipinski definition) is 0. The average Bonchev–Trinajstić information content (AvgIpc) is 3.35. The van der Waals surface area contributed by atoms with Crippen molar-refractivity contribution >= 4 is 59.6 Å². The maximum absolute atomic E-state index is 2.56. The summed E-state index contributed by atoms with van der Waals surface area (Å²) in [5, 5.41) is 10.7. The Labute approximate surface area is 189 Å². The molecule has 0 fully saturated rings. The molecule has 0 saturated heterocycles. The van der Waals surface area contributed by atoms with E-state index >= 15 is 0 Å². The van der Waals surface area contributed by atoms with Gasteiger partial charge in [-0.15, -0.1) is 0 Å². The zero-order valence-corrected chi connectivity index (χ0v) is 17.8. The topological polar surface area (TPSA) is 4.41 Å². The largest absolute Gasteiger partial charge is 0.307 e. The van der Waals surface area contributed by atoms with E-state index in [1.165, 1.54) is 81.9 Å². The lowest BCUT2D eigenvalue weighted by Gasteiger charge is -2.17. The lowest BCUT2D eigenvalue weighted by atomic mass is 9.84. The standard InChI is InChI=1S/C32H17N/c1-3-10-20-18(8-1)19-9-2-4-11-21(19)29-27-17-7-15-25-23-13-5-12-22-24-14-6-16-26(28(20)29)31(24)33(30(22)23)32(25)27/h1-17H. The third-order valence-electron chi connectivity index (χ3n) is 7.83. The van der Waals surface area contributed by atoms with E-state index < -0.39 is 0 Å². The van der Waals surface area contributed by atoms with E-state index in [9.17, 15) is 0 Å². The lowest BCUT2D eigenvalue weighted by molar-refractivity contribution is 1.38. The third kappa shape index (κ3) is 1.69. The van der Waals surface area contributed by atoms with E-state index in [0.29, 0.717) is 0 Å². The van der Waals surface area contributed by atoms with Gasteiger partial charge in [0.05, 0.1) is 16.6 Å². The Bertz CT molecular complexity index is 1980. The minimum atomic E-state index is 1.32. The van der Waals surface area contributed by atoms with Gasteiger partial charge in [0.25, 0.3) is 0 Å². The molecule has 1 nitrogen and oxygen atoms in total. The molecule has 0 radical (unpaired) electrons.